The molecule has 0 bridgehead atoms. The van der Waals surface area contributed by atoms with E-state index in [1.54, 1.807) is 0 Å². The highest BCUT2D eigenvalue weighted by Gasteiger charge is 2.06. The molecule has 0 aliphatic rings. The van der Waals surface area contributed by atoms with E-state index in [1.807, 2.05) is 6.08 Å². The molecule has 0 atom stereocenters. The molecule has 0 aromatic rings. The van der Waals surface area contributed by atoms with Gasteiger partial charge in [0.05, 0.1) is 0 Å². The third-order valence-electron chi connectivity index (χ3n) is 4.41. The molecule has 0 radical (unpaired) electrons. The van der Waals surface area contributed by atoms with Crippen LogP contribution in [-0.4, -0.2) is 6.04 Å². The van der Waals surface area contributed by atoms with Crippen molar-refractivity contribution in [1.82, 2.24) is 5.32 Å². The van der Waals surface area contributed by atoms with E-state index in [0.29, 0.717) is 6.04 Å². The summed E-state index contributed by atoms with van der Waals surface area (Å²) in [6.45, 7) is 19.3. The maximum absolute atomic E-state index is 4.02. The highest BCUT2D eigenvalue weighted by Crippen LogP contribution is 2.19. The zero-order chi connectivity index (χ0) is 19.9. The van der Waals surface area contributed by atoms with Crippen LogP contribution in [0.4, 0.5) is 0 Å². The van der Waals surface area contributed by atoms with Crippen LogP contribution < -0.4 is 5.32 Å². The van der Waals surface area contributed by atoms with Crippen molar-refractivity contribution in [3.8, 4) is 0 Å². The van der Waals surface area contributed by atoms with E-state index >= 15 is 0 Å². The molecule has 1 nitrogen and oxygen atoms in total. The van der Waals surface area contributed by atoms with Crippen molar-refractivity contribution in [3.05, 3.63) is 71.0 Å². The standard InChI is InChI=1S/C25H41N/c1-9-14-24(15-10-2)21(7)19-23(13-5)20(6)18-22(8)26-25(16-11-3)17-12-4/h9,13-15,18-19,25-26H,5,10-12,16-17H2,1-4,6-8H3/b14-9-,21-19+,22-18+,23-20+,24-15+. The minimum absolute atomic E-state index is 0.576. The molecule has 0 unspecified atom stereocenters. The Kier molecular flexibility index (Phi) is 13.4. The van der Waals surface area contributed by atoms with Crippen LogP contribution in [0, 0.1) is 0 Å². The van der Waals surface area contributed by atoms with Crippen LogP contribution in [-0.2, 0) is 0 Å². The minimum atomic E-state index is 0.576. The minimum Gasteiger partial charge on any atom is -0.386 e. The van der Waals surface area contributed by atoms with Crippen LogP contribution in [0.2, 0.25) is 0 Å². The molecule has 1 N–H and O–H groups in total. The Balaban J connectivity index is 5.52. The van der Waals surface area contributed by atoms with Crippen molar-refractivity contribution in [2.24, 2.45) is 0 Å². The van der Waals surface area contributed by atoms with Gasteiger partial charge in [-0.25, -0.2) is 0 Å². The molecule has 0 aliphatic heterocycles. The van der Waals surface area contributed by atoms with Gasteiger partial charge in [-0.15, -0.1) is 0 Å². The van der Waals surface area contributed by atoms with Crippen LogP contribution in [0.5, 0.6) is 0 Å². The van der Waals surface area contributed by atoms with Gasteiger partial charge in [-0.1, -0.05) is 70.6 Å². The predicted octanol–water partition coefficient (Wildman–Crippen LogP) is 7.81. The second-order valence-corrected chi connectivity index (χ2v) is 6.98. The Bertz CT molecular complexity index is 561. The molecule has 0 spiro atoms. The molecule has 0 aliphatic carbocycles. The fraction of sp³-hybridized carbons (Fsp3) is 0.520. The Morgan fingerprint density at radius 2 is 1.62 bits per heavy atom. The summed E-state index contributed by atoms with van der Waals surface area (Å²) >= 11 is 0. The number of allylic oxidation sites excluding steroid dienone is 11. The van der Waals surface area contributed by atoms with Crippen LogP contribution >= 0.6 is 0 Å². The zero-order valence-corrected chi connectivity index (χ0v) is 18.3. The molecule has 146 valence electrons. The first-order valence-corrected chi connectivity index (χ1v) is 10.2. The lowest BCUT2D eigenvalue weighted by Crippen LogP contribution is -2.27. The smallest absolute Gasteiger partial charge is 0.0257 e. The van der Waals surface area contributed by atoms with E-state index in [4.69, 9.17) is 0 Å². The van der Waals surface area contributed by atoms with Gasteiger partial charge in [0.2, 0.25) is 0 Å². The molecule has 0 amide bonds. The summed E-state index contributed by atoms with van der Waals surface area (Å²) in [4.78, 5) is 0. The lowest BCUT2D eigenvalue weighted by molar-refractivity contribution is 0.481. The molecule has 1 heteroatoms. The predicted molar refractivity (Wildman–Crippen MR) is 120 cm³/mol. The van der Waals surface area contributed by atoms with Gasteiger partial charge < -0.3 is 5.32 Å². The van der Waals surface area contributed by atoms with Crippen molar-refractivity contribution in [2.75, 3.05) is 0 Å². The summed E-state index contributed by atoms with van der Waals surface area (Å²) in [6.07, 6.45) is 18.9. The number of nitrogens with one attached hydrogen (secondary N) is 1. The van der Waals surface area contributed by atoms with Crippen LogP contribution in [0.25, 0.3) is 0 Å². The normalized spacial score (nSPS) is 14.8. The van der Waals surface area contributed by atoms with E-state index in [9.17, 15) is 0 Å². The topological polar surface area (TPSA) is 12.0 Å². The second kappa shape index (κ2) is 14.4. The molecule has 0 saturated heterocycles. The molecule has 0 saturated carbocycles. The molecular formula is C25H41N. The average molecular weight is 356 g/mol. The van der Waals surface area contributed by atoms with Gasteiger partial charge >= 0.3 is 0 Å². The Morgan fingerprint density at radius 1 is 1.00 bits per heavy atom. The van der Waals surface area contributed by atoms with Gasteiger partial charge in [-0.05, 0) is 75.3 Å². The number of hydrogen-bond acceptors (Lipinski definition) is 1. The van der Waals surface area contributed by atoms with Gasteiger partial charge in [0.25, 0.3) is 0 Å². The van der Waals surface area contributed by atoms with Crippen molar-refractivity contribution >= 4 is 0 Å². The van der Waals surface area contributed by atoms with Gasteiger partial charge in [-0.2, -0.15) is 0 Å². The summed E-state index contributed by atoms with van der Waals surface area (Å²) in [5.74, 6) is 0. The van der Waals surface area contributed by atoms with Gasteiger partial charge in [0.1, 0.15) is 0 Å². The van der Waals surface area contributed by atoms with Crippen molar-refractivity contribution < 1.29 is 0 Å². The van der Waals surface area contributed by atoms with Gasteiger partial charge in [0.15, 0.2) is 0 Å². The van der Waals surface area contributed by atoms with E-state index in [-0.39, 0.29) is 0 Å². The second-order valence-electron chi connectivity index (χ2n) is 6.98. The maximum atomic E-state index is 4.02. The number of hydrogen-bond donors (Lipinski definition) is 1. The summed E-state index contributed by atoms with van der Waals surface area (Å²) < 4.78 is 0. The molecule has 0 aromatic heterocycles. The number of rotatable bonds is 12. The van der Waals surface area contributed by atoms with Crippen molar-refractivity contribution in [3.63, 3.8) is 0 Å². The molecule has 26 heavy (non-hydrogen) atoms. The summed E-state index contributed by atoms with van der Waals surface area (Å²) in [6, 6.07) is 0.576. The van der Waals surface area contributed by atoms with Crippen LogP contribution in [0.15, 0.2) is 71.0 Å². The highest BCUT2D eigenvalue weighted by atomic mass is 14.9. The molecule has 0 rings (SSSR count). The van der Waals surface area contributed by atoms with E-state index < -0.39 is 0 Å². The van der Waals surface area contributed by atoms with E-state index in [2.05, 4.69) is 90.7 Å². The third kappa shape index (κ3) is 9.65. The average Bonchev–Trinajstić information content (AvgIpc) is 2.59. The van der Waals surface area contributed by atoms with Gasteiger partial charge in [-0.3, -0.25) is 0 Å². The summed E-state index contributed by atoms with van der Waals surface area (Å²) in [5, 5.41) is 3.69. The maximum Gasteiger partial charge on any atom is 0.0257 e. The zero-order valence-electron chi connectivity index (χ0n) is 18.3. The fourth-order valence-electron chi connectivity index (χ4n) is 3.17. The Morgan fingerprint density at radius 3 is 2.08 bits per heavy atom. The van der Waals surface area contributed by atoms with E-state index in [0.717, 1.165) is 6.42 Å². The SMILES string of the molecule is C=CC(/C=C(C)/C(/C=C\C)=C/CC)=C(C)\C=C(/C)NC(CCC)CCC. The van der Waals surface area contributed by atoms with Crippen LogP contribution in [0.3, 0.4) is 0 Å². The quantitative estimate of drug-likeness (QED) is 0.352. The first-order valence-electron chi connectivity index (χ1n) is 10.2. The molecule has 0 aromatic carbocycles. The van der Waals surface area contributed by atoms with Crippen molar-refractivity contribution in [2.45, 2.75) is 86.6 Å². The molecule has 0 fully saturated rings. The Hall–Kier alpha value is -1.76. The van der Waals surface area contributed by atoms with E-state index in [1.165, 1.54) is 53.7 Å². The molecule has 0 heterocycles. The Labute approximate surface area is 163 Å². The van der Waals surface area contributed by atoms with Crippen molar-refractivity contribution in [1.29, 1.82) is 0 Å². The first kappa shape index (κ1) is 24.2. The largest absolute Gasteiger partial charge is 0.386 e. The lowest BCUT2D eigenvalue weighted by Gasteiger charge is -2.19. The van der Waals surface area contributed by atoms with Gasteiger partial charge in [0, 0.05) is 11.7 Å². The fourth-order valence-corrected chi connectivity index (χ4v) is 3.17. The molecular weight excluding hydrogens is 314 g/mol. The monoisotopic (exact) mass is 355 g/mol. The first-order chi connectivity index (χ1) is 12.4. The summed E-state index contributed by atoms with van der Waals surface area (Å²) in [7, 11) is 0. The lowest BCUT2D eigenvalue weighted by atomic mass is 10.00. The summed E-state index contributed by atoms with van der Waals surface area (Å²) in [5.41, 5.74) is 6.21. The highest BCUT2D eigenvalue weighted by molar-refractivity contribution is 5.48. The van der Waals surface area contributed by atoms with Crippen LogP contribution in [0.1, 0.15) is 80.6 Å². The third-order valence-corrected chi connectivity index (χ3v) is 4.41.